The van der Waals surface area contributed by atoms with Crippen LogP contribution in [0, 0.1) is 29.6 Å². The smallest absolute Gasteiger partial charge is 0.223 e. The number of allylic oxidation sites excluding steroid dienone is 4. The summed E-state index contributed by atoms with van der Waals surface area (Å²) in [4.78, 5) is 12.3. The standard InChI is InChI=1S/C26H47NO3/c1-8-22-16-20(6)24(27-26(22)30)21(7)25(29)19(5)14-15-23(28)18(4)13-11-9-10-12-17(2)3/h9-10,12,18-25,28-29H,8,11,13-16H2,1-7H3,(H,27,30)/b10-9+/t18-,19-,20-,21+,22-,23-,24?,25-/m0/s1. The van der Waals surface area contributed by atoms with Crippen molar-refractivity contribution in [2.45, 2.75) is 105 Å². The van der Waals surface area contributed by atoms with Gasteiger partial charge in [0, 0.05) is 17.9 Å². The minimum absolute atomic E-state index is 0.00605. The summed E-state index contributed by atoms with van der Waals surface area (Å²) < 4.78 is 0. The Labute approximate surface area is 185 Å². The molecule has 4 heteroatoms. The van der Waals surface area contributed by atoms with Crippen LogP contribution in [0.15, 0.2) is 23.8 Å². The molecule has 1 unspecified atom stereocenters. The molecule has 8 atom stereocenters. The van der Waals surface area contributed by atoms with Crippen LogP contribution in [0.5, 0.6) is 0 Å². The van der Waals surface area contributed by atoms with E-state index in [-0.39, 0.29) is 41.7 Å². The third-order valence-corrected chi connectivity index (χ3v) is 7.06. The lowest BCUT2D eigenvalue weighted by Crippen LogP contribution is -2.54. The lowest BCUT2D eigenvalue weighted by atomic mass is 9.75. The van der Waals surface area contributed by atoms with Crippen LogP contribution < -0.4 is 5.32 Å². The summed E-state index contributed by atoms with van der Waals surface area (Å²) in [5, 5.41) is 24.6. The van der Waals surface area contributed by atoms with Gasteiger partial charge in [0.15, 0.2) is 0 Å². The SMILES string of the molecule is CC[C@H]1C[C@H](C)C([C@@H](C)[C@@H](O)[C@@H](C)CC[C@H](O)[C@@H](C)CC/C=C/C=C(C)C)NC1=O. The lowest BCUT2D eigenvalue weighted by Gasteiger charge is -2.40. The third-order valence-electron chi connectivity index (χ3n) is 7.06. The first-order valence-corrected chi connectivity index (χ1v) is 12.0. The molecule has 1 fully saturated rings. The summed E-state index contributed by atoms with van der Waals surface area (Å²) in [6.07, 6.45) is 10.7. The molecule has 0 spiro atoms. The molecule has 1 heterocycles. The van der Waals surface area contributed by atoms with Gasteiger partial charge in [0.1, 0.15) is 0 Å². The van der Waals surface area contributed by atoms with Crippen LogP contribution in [0.1, 0.15) is 87.0 Å². The molecular formula is C26H47NO3. The van der Waals surface area contributed by atoms with Crippen molar-refractivity contribution in [3.63, 3.8) is 0 Å². The number of rotatable bonds is 12. The Morgan fingerprint density at radius 2 is 1.80 bits per heavy atom. The largest absolute Gasteiger partial charge is 0.393 e. The first kappa shape index (κ1) is 26.9. The van der Waals surface area contributed by atoms with Gasteiger partial charge in [-0.1, -0.05) is 58.4 Å². The fourth-order valence-corrected chi connectivity index (χ4v) is 4.66. The highest BCUT2D eigenvalue weighted by Crippen LogP contribution is 2.32. The number of aliphatic hydroxyl groups is 2. The predicted octanol–water partition coefficient (Wildman–Crippen LogP) is 5.25. The number of hydrogen-bond donors (Lipinski definition) is 3. The topological polar surface area (TPSA) is 69.6 Å². The Morgan fingerprint density at radius 3 is 2.40 bits per heavy atom. The zero-order valence-electron chi connectivity index (χ0n) is 20.4. The van der Waals surface area contributed by atoms with Gasteiger partial charge in [-0.2, -0.15) is 0 Å². The Hall–Kier alpha value is -1.13. The van der Waals surface area contributed by atoms with Gasteiger partial charge >= 0.3 is 0 Å². The molecule has 1 aliphatic rings. The van der Waals surface area contributed by atoms with Crippen molar-refractivity contribution >= 4 is 5.91 Å². The van der Waals surface area contributed by atoms with Crippen LogP contribution in [0.2, 0.25) is 0 Å². The van der Waals surface area contributed by atoms with Gasteiger partial charge in [0.05, 0.1) is 12.2 Å². The van der Waals surface area contributed by atoms with Crippen molar-refractivity contribution in [3.05, 3.63) is 23.8 Å². The fraction of sp³-hybridized carbons (Fsp3) is 0.808. The predicted molar refractivity (Wildman–Crippen MR) is 126 cm³/mol. The van der Waals surface area contributed by atoms with Crippen LogP contribution >= 0.6 is 0 Å². The van der Waals surface area contributed by atoms with Gasteiger partial charge in [0.25, 0.3) is 0 Å². The molecule has 30 heavy (non-hydrogen) atoms. The molecule has 0 aliphatic carbocycles. The van der Waals surface area contributed by atoms with Crippen LogP contribution in [-0.2, 0) is 4.79 Å². The molecule has 0 aromatic rings. The van der Waals surface area contributed by atoms with E-state index in [1.807, 2.05) is 6.92 Å². The van der Waals surface area contributed by atoms with Gasteiger partial charge in [-0.15, -0.1) is 0 Å². The second-order valence-electron chi connectivity index (χ2n) is 10.1. The van der Waals surface area contributed by atoms with E-state index < -0.39 is 6.10 Å². The zero-order chi connectivity index (χ0) is 22.8. The maximum atomic E-state index is 12.3. The summed E-state index contributed by atoms with van der Waals surface area (Å²) in [6.45, 7) is 14.6. The maximum absolute atomic E-state index is 12.3. The molecule has 0 aromatic heterocycles. The first-order chi connectivity index (χ1) is 14.1. The summed E-state index contributed by atoms with van der Waals surface area (Å²) in [5.74, 6) is 0.946. The number of hydrogen-bond acceptors (Lipinski definition) is 3. The van der Waals surface area contributed by atoms with Crippen molar-refractivity contribution < 1.29 is 15.0 Å². The monoisotopic (exact) mass is 421 g/mol. The number of carbonyl (C=O) groups is 1. The van der Waals surface area contributed by atoms with Gasteiger partial charge < -0.3 is 15.5 Å². The van der Waals surface area contributed by atoms with Crippen LogP contribution in [0.25, 0.3) is 0 Å². The lowest BCUT2D eigenvalue weighted by molar-refractivity contribution is -0.131. The van der Waals surface area contributed by atoms with E-state index in [1.165, 1.54) is 5.57 Å². The molecule has 1 rings (SSSR count). The molecule has 0 aromatic carbocycles. The Balaban J connectivity index is 2.45. The highest BCUT2D eigenvalue weighted by Gasteiger charge is 2.38. The van der Waals surface area contributed by atoms with Crippen molar-refractivity contribution in [1.29, 1.82) is 0 Å². The minimum Gasteiger partial charge on any atom is -0.393 e. The average Bonchev–Trinajstić information content (AvgIpc) is 2.71. The highest BCUT2D eigenvalue weighted by molar-refractivity contribution is 5.79. The molecule has 4 nitrogen and oxygen atoms in total. The number of nitrogens with one attached hydrogen (secondary N) is 1. The van der Waals surface area contributed by atoms with Crippen molar-refractivity contribution in [2.75, 3.05) is 0 Å². The van der Waals surface area contributed by atoms with Crippen LogP contribution in [0.3, 0.4) is 0 Å². The van der Waals surface area contributed by atoms with Gasteiger partial charge in [-0.3, -0.25) is 4.79 Å². The quantitative estimate of drug-likeness (QED) is 0.377. The van der Waals surface area contributed by atoms with Crippen molar-refractivity contribution in [3.8, 4) is 0 Å². The Kier molecular flexibility index (Phi) is 11.9. The molecule has 0 saturated carbocycles. The number of piperidine rings is 1. The second-order valence-corrected chi connectivity index (χ2v) is 10.1. The first-order valence-electron chi connectivity index (χ1n) is 12.0. The molecule has 0 bridgehead atoms. The van der Waals surface area contributed by atoms with Crippen LogP contribution in [0.4, 0.5) is 0 Å². The van der Waals surface area contributed by atoms with Crippen LogP contribution in [-0.4, -0.2) is 34.4 Å². The molecular weight excluding hydrogens is 374 g/mol. The van der Waals surface area contributed by atoms with Gasteiger partial charge in [-0.25, -0.2) is 0 Å². The summed E-state index contributed by atoms with van der Waals surface area (Å²) in [7, 11) is 0. The maximum Gasteiger partial charge on any atom is 0.223 e. The third kappa shape index (κ3) is 8.55. The van der Waals surface area contributed by atoms with E-state index in [2.05, 4.69) is 65.1 Å². The van der Waals surface area contributed by atoms with E-state index in [0.29, 0.717) is 12.3 Å². The van der Waals surface area contributed by atoms with E-state index >= 15 is 0 Å². The summed E-state index contributed by atoms with van der Waals surface area (Å²) in [6, 6.07) is 0.0224. The Morgan fingerprint density at radius 1 is 1.13 bits per heavy atom. The number of amides is 1. The second kappa shape index (κ2) is 13.3. The fourth-order valence-electron chi connectivity index (χ4n) is 4.66. The van der Waals surface area contributed by atoms with Crippen molar-refractivity contribution in [2.24, 2.45) is 29.6 Å². The summed E-state index contributed by atoms with van der Waals surface area (Å²) in [5.41, 5.74) is 1.29. The molecule has 174 valence electrons. The number of aliphatic hydroxyl groups excluding tert-OH is 2. The molecule has 1 aliphatic heterocycles. The molecule has 3 N–H and O–H groups in total. The van der Waals surface area contributed by atoms with E-state index in [4.69, 9.17) is 0 Å². The van der Waals surface area contributed by atoms with Gasteiger partial charge in [0.2, 0.25) is 5.91 Å². The van der Waals surface area contributed by atoms with Gasteiger partial charge in [-0.05, 0) is 70.1 Å². The number of carbonyl (C=O) groups excluding carboxylic acids is 1. The highest BCUT2D eigenvalue weighted by atomic mass is 16.3. The molecule has 1 amide bonds. The van der Waals surface area contributed by atoms with E-state index in [0.717, 1.165) is 32.1 Å². The molecule has 1 saturated heterocycles. The zero-order valence-corrected chi connectivity index (χ0v) is 20.4. The van der Waals surface area contributed by atoms with E-state index in [9.17, 15) is 15.0 Å². The molecule has 0 radical (unpaired) electrons. The minimum atomic E-state index is -0.481. The average molecular weight is 422 g/mol. The Bertz CT molecular complexity index is 567. The van der Waals surface area contributed by atoms with Crippen molar-refractivity contribution in [1.82, 2.24) is 5.32 Å². The van der Waals surface area contributed by atoms with E-state index in [1.54, 1.807) is 0 Å². The normalized spacial score (nSPS) is 27.2. The summed E-state index contributed by atoms with van der Waals surface area (Å²) >= 11 is 0.